The molecule has 25 heavy (non-hydrogen) atoms. The number of carboxylic acids is 2. The Morgan fingerprint density at radius 2 is 1.52 bits per heavy atom. The van der Waals surface area contributed by atoms with E-state index in [4.69, 9.17) is 5.11 Å². The molecule has 0 spiro atoms. The van der Waals surface area contributed by atoms with Gasteiger partial charge in [-0.1, -0.05) is 70.4 Å². The molecule has 4 heteroatoms. The van der Waals surface area contributed by atoms with Crippen molar-refractivity contribution in [3.8, 4) is 0 Å². The first-order valence-electron chi connectivity index (χ1n) is 10.2. The standard InChI is InChI=1S/C21H36O4/c1-2-3-4-9-12-18-15-14-17(16-19(18)21(24)25)11-8-6-5-7-10-13-20(22)23/h14-15,17-19H,2-13,16H2,1H3,(H,22,23)(H,24,25)/t17-,18+,19-/m1/s1. The van der Waals surface area contributed by atoms with Crippen LogP contribution in [0.5, 0.6) is 0 Å². The maximum absolute atomic E-state index is 11.6. The molecule has 0 aromatic rings. The fourth-order valence-corrected chi connectivity index (χ4v) is 3.83. The average Bonchev–Trinajstić information content (AvgIpc) is 2.58. The van der Waals surface area contributed by atoms with Gasteiger partial charge in [-0.25, -0.2) is 0 Å². The third-order valence-electron chi connectivity index (χ3n) is 5.38. The number of rotatable bonds is 14. The Bertz CT molecular complexity index is 416. The summed E-state index contributed by atoms with van der Waals surface area (Å²) in [4.78, 5) is 22.1. The number of allylic oxidation sites excluding steroid dienone is 2. The van der Waals surface area contributed by atoms with Gasteiger partial charge in [0.2, 0.25) is 0 Å². The molecule has 4 nitrogen and oxygen atoms in total. The van der Waals surface area contributed by atoms with Crippen molar-refractivity contribution in [1.29, 1.82) is 0 Å². The predicted molar refractivity (Wildman–Crippen MR) is 101 cm³/mol. The van der Waals surface area contributed by atoms with Crippen LogP contribution in [0.3, 0.4) is 0 Å². The molecule has 0 saturated heterocycles. The molecular formula is C21H36O4. The zero-order valence-corrected chi connectivity index (χ0v) is 15.8. The van der Waals surface area contributed by atoms with Crippen LogP contribution in [-0.2, 0) is 9.59 Å². The third-order valence-corrected chi connectivity index (χ3v) is 5.38. The average molecular weight is 353 g/mol. The molecule has 0 radical (unpaired) electrons. The molecule has 0 aromatic carbocycles. The summed E-state index contributed by atoms with van der Waals surface area (Å²) in [5, 5.41) is 18.2. The van der Waals surface area contributed by atoms with Gasteiger partial charge in [0.1, 0.15) is 0 Å². The molecule has 0 bridgehead atoms. The lowest BCUT2D eigenvalue weighted by molar-refractivity contribution is -0.144. The molecule has 0 aliphatic heterocycles. The van der Waals surface area contributed by atoms with E-state index in [1.807, 2.05) is 0 Å². The van der Waals surface area contributed by atoms with Gasteiger partial charge in [0, 0.05) is 6.42 Å². The Hall–Kier alpha value is -1.32. The van der Waals surface area contributed by atoms with Crippen LogP contribution in [0.4, 0.5) is 0 Å². The van der Waals surface area contributed by atoms with Gasteiger partial charge < -0.3 is 10.2 Å². The van der Waals surface area contributed by atoms with Crippen molar-refractivity contribution in [2.45, 2.75) is 90.4 Å². The van der Waals surface area contributed by atoms with Gasteiger partial charge in [-0.05, 0) is 37.5 Å². The third kappa shape index (κ3) is 9.66. The lowest BCUT2D eigenvalue weighted by Crippen LogP contribution is -2.28. The van der Waals surface area contributed by atoms with E-state index < -0.39 is 11.9 Å². The monoisotopic (exact) mass is 352 g/mol. The second-order valence-electron chi connectivity index (χ2n) is 7.54. The highest BCUT2D eigenvalue weighted by atomic mass is 16.4. The topological polar surface area (TPSA) is 74.6 Å². The first kappa shape index (κ1) is 21.7. The van der Waals surface area contributed by atoms with E-state index in [0.29, 0.717) is 5.92 Å². The quantitative estimate of drug-likeness (QED) is 0.312. The Balaban J connectivity index is 2.25. The number of carbonyl (C=O) groups is 2. The number of carboxylic acid groups (broad SMARTS) is 2. The molecule has 2 N–H and O–H groups in total. The fraction of sp³-hybridized carbons (Fsp3) is 0.810. The van der Waals surface area contributed by atoms with E-state index in [-0.39, 0.29) is 18.3 Å². The van der Waals surface area contributed by atoms with Gasteiger partial charge in [0.05, 0.1) is 5.92 Å². The molecule has 0 unspecified atom stereocenters. The first-order chi connectivity index (χ1) is 12.0. The van der Waals surface area contributed by atoms with Crippen LogP contribution < -0.4 is 0 Å². The van der Waals surface area contributed by atoms with Gasteiger partial charge >= 0.3 is 11.9 Å². The number of hydrogen-bond acceptors (Lipinski definition) is 2. The van der Waals surface area contributed by atoms with Crippen molar-refractivity contribution in [2.75, 3.05) is 0 Å². The van der Waals surface area contributed by atoms with Crippen molar-refractivity contribution in [2.24, 2.45) is 17.8 Å². The van der Waals surface area contributed by atoms with Crippen molar-refractivity contribution in [3.05, 3.63) is 12.2 Å². The molecule has 1 aliphatic rings. The maximum atomic E-state index is 11.6. The highest BCUT2D eigenvalue weighted by molar-refractivity contribution is 5.71. The van der Waals surface area contributed by atoms with Crippen LogP contribution in [0.25, 0.3) is 0 Å². The smallest absolute Gasteiger partial charge is 0.307 e. The van der Waals surface area contributed by atoms with Gasteiger partial charge in [0.25, 0.3) is 0 Å². The van der Waals surface area contributed by atoms with Crippen molar-refractivity contribution < 1.29 is 19.8 Å². The largest absolute Gasteiger partial charge is 0.481 e. The Morgan fingerprint density at radius 1 is 0.880 bits per heavy atom. The van der Waals surface area contributed by atoms with Crippen molar-refractivity contribution in [1.82, 2.24) is 0 Å². The highest BCUT2D eigenvalue weighted by Crippen LogP contribution is 2.34. The number of hydrogen-bond donors (Lipinski definition) is 2. The second-order valence-corrected chi connectivity index (χ2v) is 7.54. The van der Waals surface area contributed by atoms with Crippen molar-refractivity contribution >= 4 is 11.9 Å². The first-order valence-corrected chi connectivity index (χ1v) is 10.2. The van der Waals surface area contributed by atoms with Crippen LogP contribution in [-0.4, -0.2) is 22.2 Å². The summed E-state index contributed by atoms with van der Waals surface area (Å²) in [5.74, 6) is -0.958. The molecule has 0 amide bonds. The summed E-state index contributed by atoms with van der Waals surface area (Å²) < 4.78 is 0. The van der Waals surface area contributed by atoms with Crippen LogP contribution in [0.15, 0.2) is 12.2 Å². The van der Waals surface area contributed by atoms with E-state index in [2.05, 4.69) is 19.1 Å². The molecule has 0 fully saturated rings. The normalized spacial score (nSPS) is 22.8. The molecule has 1 aliphatic carbocycles. The minimum Gasteiger partial charge on any atom is -0.481 e. The van der Waals surface area contributed by atoms with Gasteiger partial charge in [-0.15, -0.1) is 0 Å². The van der Waals surface area contributed by atoms with E-state index in [1.165, 1.54) is 19.3 Å². The number of unbranched alkanes of at least 4 members (excludes halogenated alkanes) is 7. The van der Waals surface area contributed by atoms with Gasteiger partial charge in [-0.3, -0.25) is 9.59 Å². The van der Waals surface area contributed by atoms with Gasteiger partial charge in [-0.2, -0.15) is 0 Å². The predicted octanol–water partition coefficient (Wildman–Crippen LogP) is 5.67. The van der Waals surface area contributed by atoms with E-state index in [0.717, 1.165) is 57.8 Å². The maximum Gasteiger partial charge on any atom is 0.307 e. The minimum absolute atomic E-state index is 0.210. The van der Waals surface area contributed by atoms with E-state index in [1.54, 1.807) is 0 Å². The lowest BCUT2D eigenvalue weighted by atomic mass is 9.75. The van der Waals surface area contributed by atoms with Gasteiger partial charge in [0.15, 0.2) is 0 Å². The van der Waals surface area contributed by atoms with E-state index in [9.17, 15) is 14.7 Å². The van der Waals surface area contributed by atoms with Crippen LogP contribution in [0.1, 0.15) is 90.4 Å². The zero-order valence-electron chi connectivity index (χ0n) is 15.8. The highest BCUT2D eigenvalue weighted by Gasteiger charge is 2.31. The molecule has 1 rings (SSSR count). The molecule has 0 heterocycles. The molecule has 0 saturated carbocycles. The van der Waals surface area contributed by atoms with Crippen molar-refractivity contribution in [3.63, 3.8) is 0 Å². The summed E-state index contributed by atoms with van der Waals surface area (Å²) in [6.07, 6.45) is 17.4. The molecular weight excluding hydrogens is 316 g/mol. The molecule has 3 atom stereocenters. The lowest BCUT2D eigenvalue weighted by Gasteiger charge is -2.29. The molecule has 144 valence electrons. The molecule has 0 aromatic heterocycles. The van der Waals surface area contributed by atoms with Crippen LogP contribution >= 0.6 is 0 Å². The summed E-state index contributed by atoms with van der Waals surface area (Å²) in [7, 11) is 0. The summed E-state index contributed by atoms with van der Waals surface area (Å²) in [6.45, 7) is 2.19. The Kier molecular flexibility index (Phi) is 11.3. The Labute approximate surface area is 152 Å². The minimum atomic E-state index is -0.712. The zero-order chi connectivity index (χ0) is 18.5. The summed E-state index contributed by atoms with van der Waals surface area (Å²) in [6, 6.07) is 0. The number of aliphatic carboxylic acids is 2. The summed E-state index contributed by atoms with van der Waals surface area (Å²) in [5.41, 5.74) is 0. The SMILES string of the molecule is CCCCCC[C@H]1C=C[C@@H](CCCCCCCC(=O)O)C[C@H]1C(=O)O. The Morgan fingerprint density at radius 3 is 2.20 bits per heavy atom. The van der Waals surface area contributed by atoms with E-state index >= 15 is 0 Å². The fourth-order valence-electron chi connectivity index (χ4n) is 3.83. The second kappa shape index (κ2) is 13.0. The summed E-state index contributed by atoms with van der Waals surface area (Å²) >= 11 is 0. The van der Waals surface area contributed by atoms with Crippen LogP contribution in [0.2, 0.25) is 0 Å². The van der Waals surface area contributed by atoms with Crippen LogP contribution in [0, 0.1) is 17.8 Å².